The van der Waals surface area contributed by atoms with Crippen molar-refractivity contribution in [3.63, 3.8) is 0 Å². The summed E-state index contributed by atoms with van der Waals surface area (Å²) in [5, 5.41) is 7.31. The summed E-state index contributed by atoms with van der Waals surface area (Å²) in [7, 11) is 8.19. The average molecular weight is 1560 g/mol. The number of halogens is 7. The fourth-order valence-electron chi connectivity index (χ4n) is 17.4. The lowest BCUT2D eigenvalue weighted by atomic mass is 9.74. The number of morpholine rings is 1. The van der Waals surface area contributed by atoms with E-state index in [9.17, 15) is 55.1 Å². The van der Waals surface area contributed by atoms with Gasteiger partial charge in [-0.1, -0.05) is 52.2 Å². The van der Waals surface area contributed by atoms with E-state index < -0.39 is 204 Å². The van der Waals surface area contributed by atoms with E-state index in [1.807, 2.05) is 0 Å². The molecule has 608 valence electrons. The largest absolute Gasteiger partial charge is 0.393 e. The van der Waals surface area contributed by atoms with Crippen molar-refractivity contribution in [2.45, 2.75) is 253 Å². The van der Waals surface area contributed by atoms with E-state index in [-0.39, 0.29) is 149 Å². The number of nitrogens with zero attached hydrogens (tertiary/aromatic N) is 9. The number of carbonyl (C=O) groups excluding carboxylic acids is 12. The van der Waals surface area contributed by atoms with Crippen LogP contribution in [0.15, 0.2) is 12.2 Å². The molecular formula is C75H115ClF6N12O14. The van der Waals surface area contributed by atoms with E-state index in [4.69, 9.17) is 21.1 Å². The van der Waals surface area contributed by atoms with E-state index >= 15 is 28.8 Å². The SMILES string of the molecule is CCO[C@@H]1C[C@H]2C(=O)NC3(CCC3)C(=O)N(C)[C@@H](C3CCCC3)C(=O)N(C)[C@H](C(=O)N3CCOCC3)CC(=O)N(C)[C@@H](CC)C(=O)N[C@@H]([C@@H](C)CC)C(=O)N(C)CC(=O)N(C)[C@H]3C/C=C\CCN(C3=O)[C@@H](CC3CCC(C(F)(F)F)CC3)C(=O)N(C)CC(=O)N[C@@H](CCC3CCC(C(F)(F)F)C(Cl)C3)C(=O)N2C1. The Bertz CT molecular complexity index is 3240. The summed E-state index contributed by atoms with van der Waals surface area (Å²) in [6.45, 7) is 5.87. The van der Waals surface area contributed by atoms with Gasteiger partial charge < -0.3 is 69.5 Å². The maximum absolute atomic E-state index is 15.7. The van der Waals surface area contributed by atoms with Gasteiger partial charge in [-0.05, 0) is 146 Å². The second-order valence-corrected chi connectivity index (χ2v) is 32.1. The van der Waals surface area contributed by atoms with E-state index in [2.05, 4.69) is 16.0 Å². The Balaban J connectivity index is 1.19. The van der Waals surface area contributed by atoms with E-state index in [0.717, 1.165) is 19.6 Å². The molecule has 8 aliphatic rings. The van der Waals surface area contributed by atoms with Crippen LogP contribution in [-0.2, 0) is 67.0 Å². The Kier molecular flexibility index (Phi) is 30.5. The number of fused-ring (bicyclic) bond motifs is 3. The summed E-state index contributed by atoms with van der Waals surface area (Å²) in [5.74, 6) is -14.2. The fraction of sp³-hybridized carbons (Fsp3) is 0.813. The van der Waals surface area contributed by atoms with Crippen molar-refractivity contribution < 1.29 is 93.4 Å². The van der Waals surface area contributed by atoms with Crippen molar-refractivity contribution in [2.24, 2.45) is 35.5 Å². The van der Waals surface area contributed by atoms with Crippen LogP contribution in [0.4, 0.5) is 26.3 Å². The molecule has 26 nitrogen and oxygen atoms in total. The van der Waals surface area contributed by atoms with Gasteiger partial charge in [0.25, 0.3) is 0 Å². The topological polar surface area (TPSA) is 289 Å². The van der Waals surface area contributed by atoms with Crippen LogP contribution in [0.5, 0.6) is 0 Å². The number of nitrogens with one attached hydrogen (secondary N) is 3. The standard InChI is InChI=1S/C75H115ClF6N12O14/c1-11-45(4)62-70(104)87(6)44-61(97)89(8)55-22-15-14-18-33-93(69(55)103)58(39-47-23-27-49(28-24-47)74(77,78)79)67(101)86(5)43-59(95)83-53(30-26-46-25-29-51(52(76)38-46)75(80,81)82)66(100)94-42-50(108-13-3)40-56(94)65(99)85-73(31-19-32-73)72(106)91(10)63(48-20-16-17-21-48)71(105)90(9)57(68(102)92-34-36-107-37-35-92)41-60(96)88(7)54(12-2)64(98)84-62/h14-15,45-58,62-63H,11-13,16-44H2,1-10H3,(H,83,95)(H,84,98)(H,85,99)/b15-14-/t45-,46?,47?,49?,50+,51?,52?,53-,54-,55-,56-,57-,58-,62-,63-/m0/s1. The molecular weight excluding hydrogens is 1440 g/mol. The van der Waals surface area contributed by atoms with Crippen LogP contribution < -0.4 is 16.0 Å². The first kappa shape index (κ1) is 86.8. The maximum atomic E-state index is 15.7. The average Bonchev–Trinajstić information content (AvgIpc) is 1.18. The number of amides is 12. The molecule has 13 atom stereocenters. The van der Waals surface area contributed by atoms with Gasteiger partial charge in [-0.3, -0.25) is 57.5 Å². The second kappa shape index (κ2) is 37.9. The van der Waals surface area contributed by atoms with Crippen LogP contribution in [0.2, 0.25) is 0 Å². The van der Waals surface area contributed by atoms with Gasteiger partial charge in [0.05, 0.1) is 50.7 Å². The van der Waals surface area contributed by atoms with Crippen molar-refractivity contribution in [3.8, 4) is 0 Å². The Labute approximate surface area is 635 Å². The van der Waals surface area contributed by atoms with Crippen LogP contribution in [0.25, 0.3) is 0 Å². The lowest BCUT2D eigenvalue weighted by Gasteiger charge is -2.47. The number of likely N-dealkylation sites (N-methyl/N-ethyl adjacent to an activating group) is 6. The van der Waals surface area contributed by atoms with Gasteiger partial charge in [0.2, 0.25) is 70.9 Å². The molecule has 2 bridgehead atoms. The lowest BCUT2D eigenvalue weighted by molar-refractivity contribution is -0.184. The van der Waals surface area contributed by atoms with E-state index in [0.29, 0.717) is 38.5 Å². The Hall–Kier alpha value is -6.83. The van der Waals surface area contributed by atoms with E-state index in [1.54, 1.807) is 39.8 Å². The smallest absolute Gasteiger partial charge is 0.378 e. The highest BCUT2D eigenvalue weighted by Crippen LogP contribution is 2.45. The van der Waals surface area contributed by atoms with Crippen molar-refractivity contribution in [2.75, 3.05) is 101 Å². The molecule has 7 fully saturated rings. The number of hydrogen-bond acceptors (Lipinski definition) is 14. The Morgan fingerprint density at radius 3 is 1.89 bits per heavy atom. The summed E-state index contributed by atoms with van der Waals surface area (Å²) in [6.07, 6.45) is -4.56. The molecule has 0 aromatic carbocycles. The maximum Gasteiger partial charge on any atom is 0.393 e. The molecule has 4 aliphatic carbocycles. The number of alkyl halides is 7. The predicted molar refractivity (Wildman–Crippen MR) is 385 cm³/mol. The van der Waals surface area contributed by atoms with Crippen LogP contribution >= 0.6 is 11.6 Å². The molecule has 3 unspecified atom stereocenters. The Morgan fingerprint density at radius 2 is 1.30 bits per heavy atom. The number of rotatable bonds is 12. The van der Waals surface area contributed by atoms with Crippen LogP contribution in [-0.4, -0.2) is 294 Å². The molecule has 0 aromatic heterocycles. The van der Waals surface area contributed by atoms with E-state index in [1.165, 1.54) is 66.8 Å². The number of carbonyl (C=O) groups is 12. The second-order valence-electron chi connectivity index (χ2n) is 31.5. The molecule has 8 rings (SSSR count). The van der Waals surface area contributed by atoms with Crippen molar-refractivity contribution in [1.82, 2.24) is 60.0 Å². The molecule has 4 aliphatic heterocycles. The van der Waals surface area contributed by atoms with Gasteiger partial charge in [0.1, 0.15) is 53.9 Å². The van der Waals surface area contributed by atoms with Gasteiger partial charge in [-0.2, -0.15) is 26.3 Å². The Morgan fingerprint density at radius 1 is 0.648 bits per heavy atom. The molecule has 3 N–H and O–H groups in total. The predicted octanol–water partition coefficient (Wildman–Crippen LogP) is 5.81. The van der Waals surface area contributed by atoms with Gasteiger partial charge in [-0.25, -0.2) is 0 Å². The zero-order valence-electron chi connectivity index (χ0n) is 64.4. The highest BCUT2D eigenvalue weighted by atomic mass is 35.5. The number of ether oxygens (including phenoxy) is 2. The molecule has 1 spiro atoms. The third-order valence-electron chi connectivity index (χ3n) is 24.5. The van der Waals surface area contributed by atoms with Crippen LogP contribution in [0, 0.1) is 35.5 Å². The molecule has 33 heteroatoms. The highest BCUT2D eigenvalue weighted by Gasteiger charge is 2.55. The minimum atomic E-state index is -4.57. The molecule has 0 aromatic rings. The molecule has 4 heterocycles. The monoisotopic (exact) mass is 1560 g/mol. The first-order valence-electron chi connectivity index (χ1n) is 38.9. The third kappa shape index (κ3) is 20.8. The molecule has 0 radical (unpaired) electrons. The number of hydrogen-bond donors (Lipinski definition) is 3. The van der Waals surface area contributed by atoms with Crippen LogP contribution in [0.3, 0.4) is 0 Å². The third-order valence-corrected chi connectivity index (χ3v) is 25.0. The summed E-state index contributed by atoms with van der Waals surface area (Å²) < 4.78 is 96.4. The first-order chi connectivity index (χ1) is 51.0. The van der Waals surface area contributed by atoms with Crippen molar-refractivity contribution in [3.05, 3.63) is 12.2 Å². The fourth-order valence-corrected chi connectivity index (χ4v) is 17.9. The molecule has 3 saturated heterocycles. The molecule has 108 heavy (non-hydrogen) atoms. The summed E-state index contributed by atoms with van der Waals surface area (Å²) in [6, 6.07) is -10.9. The zero-order valence-corrected chi connectivity index (χ0v) is 65.2. The van der Waals surface area contributed by atoms with Gasteiger partial charge in [0, 0.05) is 86.9 Å². The summed E-state index contributed by atoms with van der Waals surface area (Å²) in [5.41, 5.74) is -1.64. The quantitative estimate of drug-likeness (QED) is 0.118. The summed E-state index contributed by atoms with van der Waals surface area (Å²) >= 11 is 6.43. The van der Waals surface area contributed by atoms with Gasteiger partial charge in [0.15, 0.2) is 0 Å². The zero-order chi connectivity index (χ0) is 79.4. The minimum absolute atomic E-state index is 0.0109. The van der Waals surface area contributed by atoms with Gasteiger partial charge >= 0.3 is 12.4 Å². The lowest BCUT2D eigenvalue weighted by Crippen LogP contribution is -2.68. The van der Waals surface area contributed by atoms with Gasteiger partial charge in [-0.15, -0.1) is 11.6 Å². The van der Waals surface area contributed by atoms with Crippen molar-refractivity contribution in [1.29, 1.82) is 0 Å². The first-order valence-corrected chi connectivity index (χ1v) is 39.4. The molecule has 4 saturated carbocycles. The normalized spacial score (nSPS) is 32.1. The molecule has 12 amide bonds. The van der Waals surface area contributed by atoms with Crippen molar-refractivity contribution >= 4 is 82.5 Å². The summed E-state index contributed by atoms with van der Waals surface area (Å²) in [4.78, 5) is 193. The van der Waals surface area contributed by atoms with Crippen LogP contribution in [0.1, 0.15) is 175 Å². The highest BCUT2D eigenvalue weighted by molar-refractivity contribution is 6.21. The minimum Gasteiger partial charge on any atom is -0.378 e.